The van der Waals surface area contributed by atoms with Gasteiger partial charge in [-0.25, -0.2) is 0 Å². The highest BCUT2D eigenvalue weighted by molar-refractivity contribution is 7.10. The fraction of sp³-hybridized carbons (Fsp3) is 0.250. The minimum absolute atomic E-state index is 0.0115. The van der Waals surface area contributed by atoms with Crippen molar-refractivity contribution in [1.29, 1.82) is 0 Å². The fourth-order valence-corrected chi connectivity index (χ4v) is 4.05. The molecule has 1 aromatic heterocycles. The number of benzene rings is 2. The number of carbonyl (C=O) groups is 2. The van der Waals surface area contributed by atoms with Gasteiger partial charge in [0.2, 0.25) is 0 Å². The van der Waals surface area contributed by atoms with Gasteiger partial charge in [-0.2, -0.15) is 0 Å². The van der Waals surface area contributed by atoms with E-state index in [0.29, 0.717) is 11.3 Å². The Labute approximate surface area is 176 Å². The summed E-state index contributed by atoms with van der Waals surface area (Å²) in [5.41, 5.74) is 3.82. The van der Waals surface area contributed by atoms with Crippen molar-refractivity contribution in [3.8, 4) is 0 Å². The molecule has 29 heavy (non-hydrogen) atoms. The van der Waals surface area contributed by atoms with Crippen LogP contribution in [0.3, 0.4) is 0 Å². The SMILES string of the molecule is CCc1ccc([C@@H]([NH2+][C@H](C)C(=O)Nc2ccc(C(C)=O)cc2)c2cccs2)cc1. The van der Waals surface area contributed by atoms with Crippen LogP contribution < -0.4 is 10.6 Å². The molecule has 0 aliphatic heterocycles. The molecule has 0 aliphatic rings. The van der Waals surface area contributed by atoms with Crippen LogP contribution in [0.1, 0.15) is 53.2 Å². The van der Waals surface area contributed by atoms with Crippen molar-refractivity contribution in [2.75, 3.05) is 5.32 Å². The zero-order chi connectivity index (χ0) is 20.8. The lowest BCUT2D eigenvalue weighted by atomic mass is 10.0. The summed E-state index contributed by atoms with van der Waals surface area (Å²) in [5, 5.41) is 7.12. The van der Waals surface area contributed by atoms with Crippen LogP contribution in [0.25, 0.3) is 0 Å². The van der Waals surface area contributed by atoms with Crippen molar-refractivity contribution in [3.63, 3.8) is 0 Å². The van der Waals surface area contributed by atoms with Crippen LogP contribution >= 0.6 is 11.3 Å². The van der Waals surface area contributed by atoms with Crippen molar-refractivity contribution < 1.29 is 14.9 Å². The highest BCUT2D eigenvalue weighted by atomic mass is 32.1. The number of aryl methyl sites for hydroxylation is 1. The number of thiophene rings is 1. The average molecular weight is 408 g/mol. The fourth-order valence-electron chi connectivity index (χ4n) is 3.22. The molecule has 4 nitrogen and oxygen atoms in total. The Hall–Kier alpha value is -2.76. The molecule has 3 N–H and O–H groups in total. The summed E-state index contributed by atoms with van der Waals surface area (Å²) in [7, 11) is 0. The van der Waals surface area contributed by atoms with Gasteiger partial charge in [0, 0.05) is 16.8 Å². The standard InChI is InChI=1S/C24H26N2O2S/c1-4-18-7-9-20(10-8-18)23(22-6-5-15-29-22)25-16(2)24(28)26-21-13-11-19(12-14-21)17(3)27/h5-16,23,25H,4H2,1-3H3,(H,26,28)/p+1/t16-,23-/m1/s1. The Balaban J connectivity index is 1.72. The third-order valence-corrected chi connectivity index (χ3v) is 6.01. The second kappa shape index (κ2) is 9.63. The molecule has 0 saturated heterocycles. The third-order valence-electron chi connectivity index (χ3n) is 5.05. The van der Waals surface area contributed by atoms with Gasteiger partial charge in [-0.05, 0) is 61.5 Å². The molecule has 0 unspecified atom stereocenters. The van der Waals surface area contributed by atoms with Crippen molar-refractivity contribution in [2.45, 2.75) is 39.3 Å². The van der Waals surface area contributed by atoms with Crippen molar-refractivity contribution >= 4 is 28.7 Å². The van der Waals surface area contributed by atoms with Crippen LogP contribution in [0, 0.1) is 0 Å². The van der Waals surface area contributed by atoms with Crippen LogP contribution in [0.2, 0.25) is 0 Å². The Morgan fingerprint density at radius 3 is 2.28 bits per heavy atom. The first kappa shape index (κ1) is 21.0. The maximum Gasteiger partial charge on any atom is 0.282 e. The number of Topliss-reactive ketones (excluding diaryl/α,β-unsaturated/α-hetero) is 1. The first-order valence-corrected chi connectivity index (χ1v) is 10.7. The third kappa shape index (κ3) is 5.40. The number of anilines is 1. The van der Waals surface area contributed by atoms with E-state index in [-0.39, 0.29) is 23.8 Å². The molecule has 0 fully saturated rings. The van der Waals surface area contributed by atoms with Crippen molar-refractivity contribution in [1.82, 2.24) is 0 Å². The number of ketones is 1. The molecular weight excluding hydrogens is 380 g/mol. The lowest BCUT2D eigenvalue weighted by Gasteiger charge is -2.20. The van der Waals surface area contributed by atoms with E-state index in [1.165, 1.54) is 22.9 Å². The van der Waals surface area contributed by atoms with E-state index in [0.717, 1.165) is 6.42 Å². The van der Waals surface area contributed by atoms with Crippen LogP contribution in [0.4, 0.5) is 5.69 Å². The lowest BCUT2D eigenvalue weighted by molar-refractivity contribution is -0.703. The molecular formula is C24H27N2O2S+. The second-order valence-electron chi connectivity index (χ2n) is 7.19. The molecule has 5 heteroatoms. The number of nitrogens with two attached hydrogens (primary N) is 1. The highest BCUT2D eigenvalue weighted by Gasteiger charge is 2.25. The van der Waals surface area contributed by atoms with E-state index >= 15 is 0 Å². The van der Waals surface area contributed by atoms with Crippen molar-refractivity contribution in [2.24, 2.45) is 0 Å². The summed E-state index contributed by atoms with van der Waals surface area (Å²) < 4.78 is 0. The summed E-state index contributed by atoms with van der Waals surface area (Å²) in [6.45, 7) is 5.59. The molecule has 0 saturated carbocycles. The number of hydrogen-bond donors (Lipinski definition) is 2. The summed E-state index contributed by atoms with van der Waals surface area (Å²) in [5.74, 6) is -0.0511. The Kier molecular flexibility index (Phi) is 6.96. The zero-order valence-electron chi connectivity index (χ0n) is 17.0. The van der Waals surface area contributed by atoms with Gasteiger partial charge in [0.05, 0.1) is 4.88 Å². The average Bonchev–Trinajstić information content (AvgIpc) is 3.27. The number of hydrogen-bond acceptors (Lipinski definition) is 3. The Bertz CT molecular complexity index is 948. The quantitative estimate of drug-likeness (QED) is 0.550. The topological polar surface area (TPSA) is 62.8 Å². The molecule has 0 bridgehead atoms. The van der Waals surface area contributed by atoms with Crippen LogP contribution in [-0.2, 0) is 11.2 Å². The number of rotatable bonds is 8. The first-order chi connectivity index (χ1) is 14.0. The van der Waals surface area contributed by atoms with Gasteiger partial charge < -0.3 is 10.6 Å². The molecule has 0 spiro atoms. The van der Waals surface area contributed by atoms with Crippen LogP contribution in [0.5, 0.6) is 0 Å². The number of quaternary nitrogens is 1. The van der Waals surface area contributed by atoms with E-state index in [9.17, 15) is 9.59 Å². The minimum atomic E-state index is -0.277. The van der Waals surface area contributed by atoms with E-state index < -0.39 is 0 Å². The zero-order valence-corrected chi connectivity index (χ0v) is 17.8. The van der Waals surface area contributed by atoms with Crippen LogP contribution in [0.15, 0.2) is 66.0 Å². The van der Waals surface area contributed by atoms with Gasteiger partial charge in [0.15, 0.2) is 11.8 Å². The maximum atomic E-state index is 12.8. The van der Waals surface area contributed by atoms with Gasteiger partial charge in [-0.15, -0.1) is 11.3 Å². The monoisotopic (exact) mass is 407 g/mol. The smallest absolute Gasteiger partial charge is 0.282 e. The Morgan fingerprint density at radius 1 is 1.03 bits per heavy atom. The molecule has 1 amide bonds. The summed E-state index contributed by atoms with van der Waals surface area (Å²) >= 11 is 1.70. The number of carbonyl (C=O) groups excluding carboxylic acids is 2. The molecule has 3 rings (SSSR count). The highest BCUT2D eigenvalue weighted by Crippen LogP contribution is 2.23. The van der Waals surface area contributed by atoms with Crippen molar-refractivity contribution in [3.05, 3.63) is 87.6 Å². The lowest BCUT2D eigenvalue weighted by Crippen LogP contribution is -2.92. The van der Waals surface area contributed by atoms with Gasteiger partial charge >= 0.3 is 0 Å². The molecule has 1 heterocycles. The molecule has 0 aliphatic carbocycles. The molecule has 2 atom stereocenters. The summed E-state index contributed by atoms with van der Waals surface area (Å²) in [6, 6.07) is 19.6. The first-order valence-electron chi connectivity index (χ1n) is 9.87. The van der Waals surface area contributed by atoms with E-state index in [4.69, 9.17) is 0 Å². The maximum absolute atomic E-state index is 12.8. The summed E-state index contributed by atoms with van der Waals surface area (Å²) in [4.78, 5) is 25.4. The predicted octanol–water partition coefficient (Wildman–Crippen LogP) is 4.19. The van der Waals surface area contributed by atoms with Gasteiger partial charge in [0.1, 0.15) is 6.04 Å². The van der Waals surface area contributed by atoms with Gasteiger partial charge in [-0.1, -0.05) is 37.3 Å². The molecule has 150 valence electrons. The molecule has 0 radical (unpaired) electrons. The largest absolute Gasteiger partial charge is 0.326 e. The van der Waals surface area contributed by atoms with Gasteiger partial charge in [0.25, 0.3) is 5.91 Å². The second-order valence-corrected chi connectivity index (χ2v) is 8.17. The minimum Gasteiger partial charge on any atom is -0.326 e. The van der Waals surface area contributed by atoms with E-state index in [2.05, 4.69) is 53.3 Å². The predicted molar refractivity (Wildman–Crippen MR) is 118 cm³/mol. The number of amides is 1. The van der Waals surface area contributed by atoms with Gasteiger partial charge in [-0.3, -0.25) is 9.59 Å². The normalized spacial score (nSPS) is 12.9. The molecule has 2 aromatic carbocycles. The number of nitrogens with one attached hydrogen (secondary N) is 1. The van der Waals surface area contributed by atoms with E-state index in [1.807, 2.05) is 13.0 Å². The summed E-state index contributed by atoms with van der Waals surface area (Å²) in [6.07, 6.45) is 1.01. The Morgan fingerprint density at radius 2 is 1.72 bits per heavy atom. The van der Waals surface area contributed by atoms with Crippen LogP contribution in [-0.4, -0.2) is 17.7 Å². The molecule has 3 aromatic rings. The van der Waals surface area contributed by atoms with E-state index in [1.54, 1.807) is 35.6 Å².